The van der Waals surface area contributed by atoms with Crippen LogP contribution < -0.4 is 0 Å². The maximum atomic E-state index is 5.31. The minimum Gasteiger partial charge on any atom is -0.320 e. The lowest BCUT2D eigenvalue weighted by molar-refractivity contribution is 0.493. The third-order valence-corrected chi connectivity index (χ3v) is 7.15. The van der Waals surface area contributed by atoms with Crippen LogP contribution in [-0.2, 0) is 0 Å². The molecule has 7 rings (SSSR count). The number of hydrogen-bond acceptors (Lipinski definition) is 1. The van der Waals surface area contributed by atoms with Gasteiger partial charge in [-0.15, -0.1) is 0 Å². The number of aromatic nitrogens is 2. The van der Waals surface area contributed by atoms with Gasteiger partial charge in [-0.25, -0.2) is 4.98 Å². The van der Waals surface area contributed by atoms with Crippen LogP contribution in [-0.4, -0.2) is 9.55 Å². The molecule has 0 N–H and O–H groups in total. The summed E-state index contributed by atoms with van der Waals surface area (Å²) in [7, 11) is 0. The van der Waals surface area contributed by atoms with Crippen LogP contribution in [0.3, 0.4) is 0 Å². The Morgan fingerprint density at radius 1 is 0.625 bits per heavy atom. The van der Waals surface area contributed by atoms with Crippen LogP contribution in [0.1, 0.15) is 30.0 Å². The number of benzene rings is 5. The van der Waals surface area contributed by atoms with Gasteiger partial charge in [0.05, 0.1) is 11.0 Å². The molecule has 6 aromatic rings. The summed E-state index contributed by atoms with van der Waals surface area (Å²) in [4.78, 5) is 5.31. The van der Waals surface area contributed by atoms with Crippen LogP contribution >= 0.6 is 0 Å². The van der Waals surface area contributed by atoms with E-state index in [1.807, 2.05) is 0 Å². The second kappa shape index (κ2) is 6.54. The van der Waals surface area contributed by atoms with Crippen molar-refractivity contribution in [1.29, 1.82) is 0 Å². The van der Waals surface area contributed by atoms with Crippen LogP contribution in [0.5, 0.6) is 0 Å². The molecule has 1 aromatic heterocycles. The third kappa shape index (κ3) is 2.27. The summed E-state index contributed by atoms with van der Waals surface area (Å²) in [5.74, 6) is 1.36. The molecule has 0 amide bonds. The van der Waals surface area contributed by atoms with Gasteiger partial charge in [0.15, 0.2) is 0 Å². The van der Waals surface area contributed by atoms with E-state index in [1.165, 1.54) is 43.8 Å². The zero-order valence-electron chi connectivity index (χ0n) is 17.9. The molecule has 0 saturated heterocycles. The van der Waals surface area contributed by atoms with Crippen LogP contribution in [0.2, 0.25) is 0 Å². The van der Waals surface area contributed by atoms with Crippen molar-refractivity contribution >= 4 is 32.6 Å². The smallest absolute Gasteiger partial charge is 0.141 e. The molecule has 2 heteroatoms. The Balaban J connectivity index is 1.67. The van der Waals surface area contributed by atoms with Gasteiger partial charge < -0.3 is 4.57 Å². The second-order valence-corrected chi connectivity index (χ2v) is 8.81. The minimum absolute atomic E-state index is 0.247. The van der Waals surface area contributed by atoms with E-state index in [-0.39, 0.29) is 12.0 Å². The van der Waals surface area contributed by atoms with E-state index in [0.717, 1.165) is 11.3 Å². The van der Waals surface area contributed by atoms with Gasteiger partial charge in [-0.3, -0.25) is 0 Å². The molecule has 5 aromatic carbocycles. The van der Waals surface area contributed by atoms with Gasteiger partial charge in [-0.05, 0) is 28.8 Å². The molecule has 1 aliphatic heterocycles. The highest BCUT2D eigenvalue weighted by molar-refractivity contribution is 6.24. The van der Waals surface area contributed by atoms with Crippen molar-refractivity contribution in [3.63, 3.8) is 0 Å². The van der Waals surface area contributed by atoms with E-state index in [0.29, 0.717) is 0 Å². The lowest BCUT2D eigenvalue weighted by Crippen LogP contribution is -2.22. The topological polar surface area (TPSA) is 17.8 Å². The summed E-state index contributed by atoms with van der Waals surface area (Å²) in [6.07, 6.45) is 0. The summed E-state index contributed by atoms with van der Waals surface area (Å²) in [6, 6.07) is 37.4. The maximum absolute atomic E-state index is 5.31. The van der Waals surface area contributed by atoms with E-state index in [1.54, 1.807) is 0 Å². The average molecular weight is 411 g/mol. The first-order valence-corrected chi connectivity index (χ1v) is 11.3. The molecule has 0 fully saturated rings. The number of hydrogen-bond donors (Lipinski definition) is 0. The van der Waals surface area contributed by atoms with E-state index in [4.69, 9.17) is 4.98 Å². The Morgan fingerprint density at radius 3 is 2.00 bits per heavy atom. The molecule has 2 atom stereocenters. The summed E-state index contributed by atoms with van der Waals surface area (Å²) < 4.78 is 2.50. The summed E-state index contributed by atoms with van der Waals surface area (Å²) in [5.41, 5.74) is 6.30. The van der Waals surface area contributed by atoms with Crippen molar-refractivity contribution in [2.45, 2.75) is 18.9 Å². The van der Waals surface area contributed by atoms with Crippen molar-refractivity contribution < 1.29 is 0 Å². The molecular formula is C30H22N2. The first-order chi connectivity index (χ1) is 15.8. The largest absolute Gasteiger partial charge is 0.320 e. The highest BCUT2D eigenvalue weighted by Gasteiger charge is 2.34. The Labute approximate surface area is 186 Å². The lowest BCUT2D eigenvalue weighted by Gasteiger charge is -2.34. The van der Waals surface area contributed by atoms with Gasteiger partial charge in [0.1, 0.15) is 5.82 Å². The highest BCUT2D eigenvalue weighted by Crippen LogP contribution is 2.49. The first-order valence-electron chi connectivity index (χ1n) is 11.3. The monoisotopic (exact) mass is 410 g/mol. The number of nitrogens with zero attached hydrogens (tertiary/aromatic N) is 2. The quantitative estimate of drug-likeness (QED) is 0.254. The molecule has 0 bridgehead atoms. The molecule has 2 heterocycles. The molecular weight excluding hydrogens is 388 g/mol. The van der Waals surface area contributed by atoms with E-state index in [2.05, 4.69) is 115 Å². The van der Waals surface area contributed by atoms with E-state index in [9.17, 15) is 0 Å². The van der Waals surface area contributed by atoms with Crippen LogP contribution in [0, 0.1) is 0 Å². The molecule has 0 radical (unpaired) electrons. The summed E-state index contributed by atoms with van der Waals surface area (Å²) in [6.45, 7) is 2.35. The van der Waals surface area contributed by atoms with E-state index < -0.39 is 0 Å². The van der Waals surface area contributed by atoms with Gasteiger partial charge in [0.2, 0.25) is 0 Å². The predicted molar refractivity (Wildman–Crippen MR) is 133 cm³/mol. The molecule has 0 saturated carbocycles. The number of rotatable bonds is 1. The summed E-state index contributed by atoms with van der Waals surface area (Å²) >= 11 is 0. The fourth-order valence-electron chi connectivity index (χ4n) is 5.81. The number of imidazole rings is 1. The van der Waals surface area contributed by atoms with Gasteiger partial charge >= 0.3 is 0 Å². The fourth-order valence-corrected chi connectivity index (χ4v) is 5.81. The van der Waals surface area contributed by atoms with Crippen molar-refractivity contribution in [2.75, 3.05) is 0 Å². The van der Waals surface area contributed by atoms with Gasteiger partial charge in [0.25, 0.3) is 0 Å². The molecule has 1 aliphatic rings. The Bertz CT molecular complexity index is 1640. The van der Waals surface area contributed by atoms with Gasteiger partial charge in [-0.1, -0.05) is 103 Å². The molecule has 2 nitrogen and oxygen atoms in total. The van der Waals surface area contributed by atoms with Crippen molar-refractivity contribution in [3.05, 3.63) is 114 Å². The van der Waals surface area contributed by atoms with Crippen LogP contribution in [0.15, 0.2) is 103 Å². The number of fused-ring (bicyclic) bond motifs is 10. The fraction of sp³-hybridized carbons (Fsp3) is 0.100. The highest BCUT2D eigenvalue weighted by atomic mass is 15.1. The predicted octanol–water partition coefficient (Wildman–Crippen LogP) is 7.72. The SMILES string of the molecule is CC1C(c2ccccc2)c2ccccc2-c2nc3c4ccccc4c4ccccc4c3n21. The Kier molecular flexibility index (Phi) is 3.63. The van der Waals surface area contributed by atoms with E-state index >= 15 is 0 Å². The van der Waals surface area contributed by atoms with Crippen molar-refractivity contribution in [2.24, 2.45) is 0 Å². The zero-order valence-corrected chi connectivity index (χ0v) is 17.9. The molecule has 0 spiro atoms. The molecule has 0 aliphatic carbocycles. The summed E-state index contributed by atoms with van der Waals surface area (Å²) in [5, 5.41) is 5.06. The molecule has 152 valence electrons. The van der Waals surface area contributed by atoms with Crippen LogP contribution in [0.25, 0.3) is 44.0 Å². The molecule has 32 heavy (non-hydrogen) atoms. The zero-order chi connectivity index (χ0) is 21.2. The maximum Gasteiger partial charge on any atom is 0.141 e. The Morgan fingerprint density at radius 2 is 1.22 bits per heavy atom. The normalized spacial score (nSPS) is 17.5. The van der Waals surface area contributed by atoms with Crippen molar-refractivity contribution in [3.8, 4) is 11.4 Å². The minimum atomic E-state index is 0.247. The molecule has 2 unspecified atom stereocenters. The van der Waals surface area contributed by atoms with Gasteiger partial charge in [-0.2, -0.15) is 0 Å². The van der Waals surface area contributed by atoms with Gasteiger partial charge in [0, 0.05) is 28.3 Å². The van der Waals surface area contributed by atoms with Crippen molar-refractivity contribution in [1.82, 2.24) is 9.55 Å². The third-order valence-electron chi connectivity index (χ3n) is 7.15. The first kappa shape index (κ1) is 17.7. The Hall–Kier alpha value is -3.91. The second-order valence-electron chi connectivity index (χ2n) is 8.81. The average Bonchev–Trinajstić information content (AvgIpc) is 3.27. The van der Waals surface area contributed by atoms with Crippen LogP contribution in [0.4, 0.5) is 0 Å². The standard InChI is InChI=1S/C30H22N2/c1-19-27(20-11-3-2-4-12-20)23-15-7-10-18-26(23)30-31-28-24-16-8-5-13-21(24)22-14-6-9-17-25(22)29(28)32(19)30/h2-19,27H,1H3. The lowest BCUT2D eigenvalue weighted by atomic mass is 9.80.